The van der Waals surface area contributed by atoms with Gasteiger partial charge in [0.2, 0.25) is 11.8 Å². The Bertz CT molecular complexity index is 809. The zero-order valence-corrected chi connectivity index (χ0v) is 19.1. The number of ether oxygens (including phenoxy) is 1. The van der Waals surface area contributed by atoms with Crippen LogP contribution in [0.25, 0.3) is 0 Å². The van der Waals surface area contributed by atoms with E-state index in [1.54, 1.807) is 0 Å². The molecular weight excluding hydrogens is 390 g/mol. The number of esters is 1. The number of unbranched alkanes of at least 4 members (excludes halogenated alkanes) is 6. The van der Waals surface area contributed by atoms with Crippen molar-refractivity contribution in [2.45, 2.75) is 96.5 Å². The van der Waals surface area contributed by atoms with Crippen molar-refractivity contribution < 1.29 is 19.1 Å². The first-order valence-electron chi connectivity index (χ1n) is 11.4. The van der Waals surface area contributed by atoms with Crippen LogP contribution in [0.5, 0.6) is 0 Å². The highest BCUT2D eigenvalue weighted by Crippen LogP contribution is 2.24. The molecule has 1 fully saturated rings. The summed E-state index contributed by atoms with van der Waals surface area (Å²) < 4.78 is 5.31. The summed E-state index contributed by atoms with van der Waals surface area (Å²) in [5.41, 5.74) is 1.48. The van der Waals surface area contributed by atoms with Gasteiger partial charge in [-0.3, -0.25) is 19.7 Å². The Balaban J connectivity index is 1.57. The number of piperidine rings is 1. The molecule has 31 heavy (non-hydrogen) atoms. The molecule has 1 unspecified atom stereocenters. The van der Waals surface area contributed by atoms with Gasteiger partial charge in [-0.2, -0.15) is 0 Å². The molecule has 1 saturated heterocycles. The molecule has 0 saturated carbocycles. The summed E-state index contributed by atoms with van der Waals surface area (Å²) in [6, 6.07) is 7.75. The average molecular weight is 426 g/mol. The van der Waals surface area contributed by atoms with Gasteiger partial charge in [0.1, 0.15) is 5.60 Å². The molecule has 1 N–H and O–H groups in total. The zero-order valence-electron chi connectivity index (χ0n) is 19.1. The molecule has 1 aromatic carbocycles. The highest BCUT2D eigenvalue weighted by Gasteiger charge is 2.27. The predicted octanol–water partition coefficient (Wildman–Crippen LogP) is 5.02. The van der Waals surface area contributed by atoms with E-state index in [2.05, 4.69) is 17.2 Å². The lowest BCUT2D eigenvalue weighted by molar-refractivity contribution is -0.155. The van der Waals surface area contributed by atoms with Crippen LogP contribution < -0.4 is 5.32 Å². The van der Waals surface area contributed by atoms with Crippen molar-refractivity contribution in [2.75, 3.05) is 0 Å². The Morgan fingerprint density at radius 3 is 2.32 bits per heavy atom. The molecular formula is C26H35NO4. The maximum absolute atomic E-state index is 11.9. The Labute approximate surface area is 186 Å². The van der Waals surface area contributed by atoms with Gasteiger partial charge in [0.05, 0.1) is 5.92 Å². The number of carbonyl (C=O) groups is 3. The topological polar surface area (TPSA) is 72.5 Å². The van der Waals surface area contributed by atoms with Gasteiger partial charge in [0, 0.05) is 24.8 Å². The molecule has 5 heteroatoms. The summed E-state index contributed by atoms with van der Waals surface area (Å²) in [6.07, 6.45) is 8.81. The molecule has 5 nitrogen and oxygen atoms in total. The first-order valence-corrected chi connectivity index (χ1v) is 11.4. The fourth-order valence-corrected chi connectivity index (χ4v) is 3.56. The van der Waals surface area contributed by atoms with E-state index in [9.17, 15) is 14.4 Å². The Morgan fingerprint density at radius 2 is 1.68 bits per heavy atom. The van der Waals surface area contributed by atoms with Gasteiger partial charge >= 0.3 is 5.97 Å². The Morgan fingerprint density at radius 1 is 1.03 bits per heavy atom. The largest absolute Gasteiger partial charge is 0.460 e. The first-order chi connectivity index (χ1) is 14.7. The van der Waals surface area contributed by atoms with Crippen LogP contribution in [0.15, 0.2) is 24.3 Å². The fraction of sp³-hybridized carbons (Fsp3) is 0.577. The molecule has 1 atom stereocenters. The minimum absolute atomic E-state index is 0.104. The lowest BCUT2D eigenvalue weighted by atomic mass is 9.90. The van der Waals surface area contributed by atoms with Crippen molar-refractivity contribution in [3.63, 3.8) is 0 Å². The third kappa shape index (κ3) is 9.83. The van der Waals surface area contributed by atoms with E-state index >= 15 is 0 Å². The van der Waals surface area contributed by atoms with Crippen molar-refractivity contribution >= 4 is 17.8 Å². The van der Waals surface area contributed by atoms with Gasteiger partial charge in [-0.05, 0) is 57.7 Å². The average Bonchev–Trinajstić information content (AvgIpc) is 2.69. The van der Waals surface area contributed by atoms with Crippen LogP contribution in [-0.4, -0.2) is 23.4 Å². The molecule has 0 aliphatic carbocycles. The van der Waals surface area contributed by atoms with Gasteiger partial charge < -0.3 is 4.74 Å². The van der Waals surface area contributed by atoms with Crippen LogP contribution >= 0.6 is 0 Å². The van der Waals surface area contributed by atoms with E-state index in [4.69, 9.17) is 4.74 Å². The van der Waals surface area contributed by atoms with Crippen LogP contribution in [0.3, 0.4) is 0 Å². The van der Waals surface area contributed by atoms with E-state index in [1.165, 1.54) is 0 Å². The smallest absolute Gasteiger partial charge is 0.306 e. The minimum atomic E-state index is -0.395. The number of imide groups is 1. The molecule has 0 bridgehead atoms. The zero-order chi connectivity index (χ0) is 22.7. The van der Waals surface area contributed by atoms with E-state index in [-0.39, 0.29) is 23.7 Å². The molecule has 1 aliphatic rings. The predicted molar refractivity (Wildman–Crippen MR) is 121 cm³/mol. The summed E-state index contributed by atoms with van der Waals surface area (Å²) in [5.74, 6) is 5.65. The molecule has 168 valence electrons. The summed E-state index contributed by atoms with van der Waals surface area (Å²) in [6.45, 7) is 5.68. The van der Waals surface area contributed by atoms with Gasteiger partial charge in [-0.15, -0.1) is 0 Å². The van der Waals surface area contributed by atoms with Gasteiger partial charge in [0.25, 0.3) is 0 Å². The molecule has 1 heterocycles. The molecule has 2 rings (SSSR count). The molecule has 0 radical (unpaired) electrons. The monoisotopic (exact) mass is 425 g/mol. The number of hydrogen-bond acceptors (Lipinski definition) is 4. The second-order valence-corrected chi connectivity index (χ2v) is 9.14. The van der Waals surface area contributed by atoms with Crippen molar-refractivity contribution in [1.82, 2.24) is 5.32 Å². The number of amides is 2. The van der Waals surface area contributed by atoms with Crippen molar-refractivity contribution in [3.8, 4) is 11.8 Å². The quantitative estimate of drug-likeness (QED) is 0.261. The van der Waals surface area contributed by atoms with Crippen LogP contribution in [-0.2, 0) is 19.1 Å². The second-order valence-electron chi connectivity index (χ2n) is 9.14. The number of hydrogen-bond donors (Lipinski definition) is 1. The fourth-order valence-electron chi connectivity index (χ4n) is 3.56. The van der Waals surface area contributed by atoms with Crippen molar-refractivity contribution in [2.24, 2.45) is 0 Å². The van der Waals surface area contributed by atoms with E-state index in [0.717, 1.165) is 56.1 Å². The standard InChI is InChI=1S/C26H35NO4/c1-26(2,3)31-24(29)13-11-9-7-5-4-6-8-10-12-20-14-16-21(17-15-20)22-18-19-23(28)27-25(22)30/h14-17,22H,4-9,11,13,18-19H2,1-3H3,(H,27,28,30). The van der Waals surface area contributed by atoms with Gasteiger partial charge in [-0.1, -0.05) is 49.7 Å². The van der Waals surface area contributed by atoms with E-state index in [0.29, 0.717) is 19.3 Å². The molecule has 2 amide bonds. The third-order valence-electron chi connectivity index (χ3n) is 5.14. The normalized spacial score (nSPS) is 16.3. The van der Waals surface area contributed by atoms with Crippen LogP contribution in [0.2, 0.25) is 0 Å². The number of rotatable bonds is 9. The number of benzene rings is 1. The van der Waals surface area contributed by atoms with Crippen molar-refractivity contribution in [3.05, 3.63) is 35.4 Å². The molecule has 0 aromatic heterocycles. The van der Waals surface area contributed by atoms with E-state index in [1.807, 2.05) is 45.0 Å². The maximum Gasteiger partial charge on any atom is 0.306 e. The maximum atomic E-state index is 11.9. The lowest BCUT2D eigenvalue weighted by Crippen LogP contribution is -2.39. The summed E-state index contributed by atoms with van der Waals surface area (Å²) in [4.78, 5) is 34.8. The van der Waals surface area contributed by atoms with Gasteiger partial charge in [-0.25, -0.2) is 0 Å². The second kappa shape index (κ2) is 12.3. The SMILES string of the molecule is CC(C)(C)OC(=O)CCCCCCCCC#Cc1ccc(C2CCC(=O)NC2=O)cc1. The molecule has 0 spiro atoms. The van der Waals surface area contributed by atoms with Crippen LogP contribution in [0.4, 0.5) is 0 Å². The van der Waals surface area contributed by atoms with Crippen molar-refractivity contribution in [1.29, 1.82) is 0 Å². The van der Waals surface area contributed by atoms with Crippen LogP contribution in [0.1, 0.15) is 102 Å². The van der Waals surface area contributed by atoms with Gasteiger partial charge in [0.15, 0.2) is 0 Å². The lowest BCUT2D eigenvalue weighted by Gasteiger charge is -2.20. The summed E-state index contributed by atoms with van der Waals surface area (Å²) in [7, 11) is 0. The van der Waals surface area contributed by atoms with E-state index < -0.39 is 5.60 Å². The highest BCUT2D eigenvalue weighted by atomic mass is 16.6. The number of nitrogens with one attached hydrogen (secondary N) is 1. The Kier molecular flexibility index (Phi) is 9.78. The first kappa shape index (κ1) is 24.7. The molecule has 1 aliphatic heterocycles. The summed E-state index contributed by atoms with van der Waals surface area (Å²) in [5, 5.41) is 2.40. The van der Waals surface area contributed by atoms with Crippen LogP contribution in [0, 0.1) is 11.8 Å². The summed E-state index contributed by atoms with van der Waals surface area (Å²) >= 11 is 0. The third-order valence-corrected chi connectivity index (χ3v) is 5.14. The Hall–Kier alpha value is -2.61. The minimum Gasteiger partial charge on any atom is -0.460 e. The highest BCUT2D eigenvalue weighted by molar-refractivity contribution is 6.00. The number of carbonyl (C=O) groups excluding carboxylic acids is 3. The molecule has 1 aromatic rings.